The number of fused-ring (bicyclic) bond motifs is 1. The summed E-state index contributed by atoms with van der Waals surface area (Å²) >= 11 is 0. The molecule has 0 saturated carbocycles. The largest absolute Gasteiger partial charge is 0.490 e. The molecule has 10 nitrogen and oxygen atoms in total. The lowest BCUT2D eigenvalue weighted by Gasteiger charge is -2.50. The van der Waals surface area contributed by atoms with Crippen molar-refractivity contribution in [1.82, 2.24) is 4.31 Å². The Labute approximate surface area is 350 Å². The monoisotopic (exact) mass is 838 g/mol. The van der Waals surface area contributed by atoms with Crippen LogP contribution in [0.3, 0.4) is 0 Å². The molecule has 0 aliphatic carbocycles. The average molecular weight is 839 g/mol. The third-order valence-corrected chi connectivity index (χ3v) is 20.0. The summed E-state index contributed by atoms with van der Waals surface area (Å²) in [5, 5.41) is 0. The second kappa shape index (κ2) is 21.1. The number of piperidine rings is 1. The molecule has 1 fully saturated rings. The molecule has 0 N–H and O–H groups in total. The highest BCUT2D eigenvalue weighted by Gasteiger charge is 2.51. The second-order valence-electron chi connectivity index (χ2n) is 17.3. The summed E-state index contributed by atoms with van der Waals surface area (Å²) in [5.41, 5.74) is 6.12. The first-order chi connectivity index (χ1) is 27.7. The molecule has 4 atom stereocenters. The number of hydrogen-bond acceptors (Lipinski definition) is 9. The van der Waals surface area contributed by atoms with E-state index in [4.69, 9.17) is 28.1 Å². The number of methoxy groups -OCH3 is 2. The number of aryl methyl sites for hydroxylation is 1. The summed E-state index contributed by atoms with van der Waals surface area (Å²) in [6.45, 7) is 23.2. The van der Waals surface area contributed by atoms with Crippen molar-refractivity contribution in [3.05, 3.63) is 89.0 Å². The van der Waals surface area contributed by atoms with Gasteiger partial charge < -0.3 is 33.0 Å². The van der Waals surface area contributed by atoms with Crippen LogP contribution in [0.15, 0.2) is 71.6 Å². The van der Waals surface area contributed by atoms with E-state index in [0.717, 1.165) is 53.2 Å². The summed E-state index contributed by atoms with van der Waals surface area (Å²) in [5.74, 6) is 0.937. The van der Waals surface area contributed by atoms with Gasteiger partial charge in [-0.2, -0.15) is 4.31 Å². The maximum absolute atomic E-state index is 14.6. The van der Waals surface area contributed by atoms with Crippen molar-refractivity contribution in [1.29, 1.82) is 0 Å². The van der Waals surface area contributed by atoms with Gasteiger partial charge in [0.1, 0.15) is 12.4 Å². The minimum Gasteiger partial charge on any atom is -0.490 e. The SMILES string of the molecule is COCCCN1CCOc2ccc(CO[C@H]3CN(S(=O)(=O)c4ccc(C)cc4)C[C@@H](O[Si](C(C)C)(C(C)C)C(C)C)[C@@H]3c3ccc(COC[C@@H](C)COC)cc3)cc21. The Kier molecular flexibility index (Phi) is 16.8. The Morgan fingerprint density at radius 3 is 2.09 bits per heavy atom. The van der Waals surface area contributed by atoms with Gasteiger partial charge in [0.2, 0.25) is 18.3 Å². The lowest BCUT2D eigenvalue weighted by Crippen LogP contribution is -2.59. The van der Waals surface area contributed by atoms with Gasteiger partial charge >= 0.3 is 0 Å². The summed E-state index contributed by atoms with van der Waals surface area (Å²) in [4.78, 5) is 2.63. The topological polar surface area (TPSA) is 96.0 Å². The molecule has 3 aromatic carbocycles. The Hall–Kier alpha value is -2.81. The molecule has 0 bridgehead atoms. The normalized spacial score (nSPS) is 19.8. The Bertz CT molecular complexity index is 1800. The molecule has 2 heterocycles. The molecule has 0 unspecified atom stereocenters. The third-order valence-electron chi connectivity index (χ3n) is 12.0. The van der Waals surface area contributed by atoms with Crippen LogP contribution in [0.4, 0.5) is 5.69 Å². The van der Waals surface area contributed by atoms with Crippen LogP contribution in [-0.4, -0.2) is 100 Å². The van der Waals surface area contributed by atoms with Gasteiger partial charge in [-0.15, -0.1) is 0 Å². The van der Waals surface area contributed by atoms with Gasteiger partial charge in [-0.25, -0.2) is 8.42 Å². The number of benzene rings is 3. The average Bonchev–Trinajstić information content (AvgIpc) is 3.19. The van der Waals surface area contributed by atoms with E-state index in [1.165, 1.54) is 0 Å². The number of hydrogen-bond donors (Lipinski definition) is 0. The molecule has 2 aliphatic heterocycles. The van der Waals surface area contributed by atoms with Crippen molar-refractivity contribution in [2.45, 2.75) is 115 Å². The molecular weight excluding hydrogens is 769 g/mol. The van der Waals surface area contributed by atoms with E-state index in [-0.39, 0.29) is 23.9 Å². The molecule has 2 aliphatic rings. The Morgan fingerprint density at radius 1 is 0.793 bits per heavy atom. The van der Waals surface area contributed by atoms with Crippen LogP contribution in [0.5, 0.6) is 5.75 Å². The van der Waals surface area contributed by atoms with E-state index in [1.54, 1.807) is 30.7 Å². The van der Waals surface area contributed by atoms with Gasteiger partial charge in [-0.1, -0.05) is 96.5 Å². The van der Waals surface area contributed by atoms with Crippen molar-refractivity contribution in [2.75, 3.05) is 71.7 Å². The molecule has 3 aromatic rings. The van der Waals surface area contributed by atoms with Gasteiger partial charge in [-0.3, -0.25) is 0 Å². The Balaban J connectivity index is 1.54. The number of ether oxygens (including phenoxy) is 5. The molecule has 5 rings (SSSR count). The first kappa shape index (κ1) is 46.3. The van der Waals surface area contributed by atoms with Crippen LogP contribution in [0.1, 0.15) is 83.1 Å². The van der Waals surface area contributed by atoms with Crippen LogP contribution in [0, 0.1) is 12.8 Å². The summed E-state index contributed by atoms with van der Waals surface area (Å²) in [7, 11) is -2.94. The van der Waals surface area contributed by atoms with Crippen molar-refractivity contribution in [2.24, 2.45) is 5.92 Å². The number of anilines is 1. The van der Waals surface area contributed by atoms with Gasteiger partial charge in [0, 0.05) is 52.3 Å². The zero-order chi connectivity index (χ0) is 42.0. The maximum Gasteiger partial charge on any atom is 0.243 e. The number of nitrogens with zero attached hydrogens (tertiary/aromatic N) is 2. The fourth-order valence-corrected chi connectivity index (χ4v) is 16.2. The van der Waals surface area contributed by atoms with E-state index in [9.17, 15) is 8.42 Å². The quantitative estimate of drug-likeness (QED) is 0.0770. The summed E-state index contributed by atoms with van der Waals surface area (Å²) < 4.78 is 68.2. The third kappa shape index (κ3) is 11.1. The van der Waals surface area contributed by atoms with Crippen LogP contribution < -0.4 is 9.64 Å². The molecular formula is C46H70N2O8SSi. The van der Waals surface area contributed by atoms with Crippen molar-refractivity contribution in [3.8, 4) is 5.75 Å². The van der Waals surface area contributed by atoms with Crippen LogP contribution in [0.25, 0.3) is 0 Å². The lowest BCUT2D eigenvalue weighted by molar-refractivity contribution is -0.0505. The van der Waals surface area contributed by atoms with Crippen molar-refractivity contribution < 1.29 is 36.5 Å². The molecule has 0 spiro atoms. The minimum atomic E-state index is -3.88. The van der Waals surface area contributed by atoms with E-state index in [0.29, 0.717) is 62.2 Å². The van der Waals surface area contributed by atoms with E-state index < -0.39 is 30.5 Å². The van der Waals surface area contributed by atoms with Crippen LogP contribution in [0.2, 0.25) is 16.6 Å². The standard InChI is InChI=1S/C46H70N2O8SSi/c1-33(2)58(34(3)4,35(5)6)56-45-28-48(57(49,50)41-19-12-36(7)13-20-41)27-44(46(45)40-17-14-38(15-18-40)31-53-30-37(8)29-52-10)55-32-39-16-21-43-42(26-39)47(23-25-54-43)22-11-24-51-9/h12-21,26,33-35,37,44-46H,11,22-25,27-32H2,1-10H3/t37-,44-,45+,46+/m0/s1. The fourth-order valence-electron chi connectivity index (χ4n) is 9.15. The van der Waals surface area contributed by atoms with Crippen LogP contribution >= 0.6 is 0 Å². The van der Waals surface area contributed by atoms with Crippen molar-refractivity contribution >= 4 is 24.0 Å². The predicted octanol–water partition coefficient (Wildman–Crippen LogP) is 8.96. The van der Waals surface area contributed by atoms with Gasteiger partial charge in [0.15, 0.2) is 0 Å². The highest BCUT2D eigenvalue weighted by atomic mass is 32.2. The second-order valence-corrected chi connectivity index (χ2v) is 24.6. The van der Waals surface area contributed by atoms with Gasteiger partial charge in [-0.05, 0) is 70.9 Å². The highest BCUT2D eigenvalue weighted by molar-refractivity contribution is 7.89. The van der Waals surface area contributed by atoms with E-state index in [1.807, 2.05) is 25.1 Å². The zero-order valence-electron chi connectivity index (χ0n) is 36.7. The smallest absolute Gasteiger partial charge is 0.243 e. The fraction of sp³-hybridized carbons (Fsp3) is 0.609. The van der Waals surface area contributed by atoms with E-state index >= 15 is 0 Å². The predicted molar refractivity (Wildman–Crippen MR) is 235 cm³/mol. The summed E-state index contributed by atoms with van der Waals surface area (Å²) in [6.07, 6.45) is -0.0268. The van der Waals surface area contributed by atoms with Gasteiger partial charge in [0.05, 0.1) is 55.8 Å². The number of sulfonamides is 1. The minimum absolute atomic E-state index is 0.194. The van der Waals surface area contributed by atoms with Gasteiger partial charge in [0.25, 0.3) is 0 Å². The van der Waals surface area contributed by atoms with Crippen molar-refractivity contribution in [3.63, 3.8) is 0 Å². The highest BCUT2D eigenvalue weighted by Crippen LogP contribution is 2.47. The zero-order valence-corrected chi connectivity index (χ0v) is 38.6. The molecule has 322 valence electrons. The Morgan fingerprint density at radius 2 is 1.45 bits per heavy atom. The first-order valence-corrected chi connectivity index (χ1v) is 24.8. The molecule has 58 heavy (non-hydrogen) atoms. The molecule has 0 radical (unpaired) electrons. The first-order valence-electron chi connectivity index (χ1n) is 21.2. The molecule has 1 saturated heterocycles. The summed E-state index contributed by atoms with van der Waals surface area (Å²) in [6, 6.07) is 22.0. The molecule has 0 aromatic heterocycles. The molecule has 0 amide bonds. The maximum atomic E-state index is 14.6. The lowest BCUT2D eigenvalue weighted by atomic mass is 9.85. The van der Waals surface area contributed by atoms with E-state index in [2.05, 4.69) is 89.8 Å². The van der Waals surface area contributed by atoms with Crippen LogP contribution in [-0.2, 0) is 46.6 Å². The number of rotatable bonds is 21. The molecule has 12 heteroatoms.